The zero-order valence-corrected chi connectivity index (χ0v) is 9.59. The van der Waals surface area contributed by atoms with Crippen molar-refractivity contribution in [3.05, 3.63) is 35.9 Å². The number of ether oxygens (including phenoxy) is 2. The number of rotatable bonds is 8. The van der Waals surface area contributed by atoms with Gasteiger partial charge in [-0.15, -0.1) is 0 Å². The molecule has 0 heterocycles. The summed E-state index contributed by atoms with van der Waals surface area (Å²) in [6.07, 6.45) is 0. The minimum absolute atomic E-state index is 0.135. The van der Waals surface area contributed by atoms with Gasteiger partial charge in [0.2, 0.25) is 0 Å². The highest BCUT2D eigenvalue weighted by molar-refractivity contribution is 5.13. The van der Waals surface area contributed by atoms with Crippen molar-refractivity contribution in [1.29, 1.82) is 0 Å². The Balaban J connectivity index is 2.42. The van der Waals surface area contributed by atoms with Crippen molar-refractivity contribution in [3.8, 4) is 0 Å². The summed E-state index contributed by atoms with van der Waals surface area (Å²) in [6, 6.07) is 9.85. The van der Waals surface area contributed by atoms with Gasteiger partial charge in [0.15, 0.2) is 13.6 Å². The fourth-order valence-corrected chi connectivity index (χ4v) is 1.08. The number of hydrogen-bond donors (Lipinski definition) is 0. The smallest absolute Gasteiger partial charge is 0.169 e. The first-order valence-corrected chi connectivity index (χ1v) is 4.92. The van der Waals surface area contributed by atoms with Crippen molar-refractivity contribution in [1.82, 2.24) is 5.23 Å². The molecule has 0 unspecified atom stereocenters. The molecule has 0 aliphatic heterocycles. The Labute approximate surface area is 95.4 Å². The summed E-state index contributed by atoms with van der Waals surface area (Å²) in [5, 5.41) is 1.34. The van der Waals surface area contributed by atoms with Gasteiger partial charge in [0.05, 0.1) is 6.54 Å². The maximum atomic E-state index is 5.21. The van der Waals surface area contributed by atoms with E-state index < -0.39 is 0 Å². The fourth-order valence-electron chi connectivity index (χ4n) is 1.08. The molecule has 1 aromatic rings. The molecule has 0 N–H and O–H groups in total. The summed E-state index contributed by atoms with van der Waals surface area (Å²) in [4.78, 5) is 10.4. The minimum Gasteiger partial charge on any atom is -0.357 e. The van der Waals surface area contributed by atoms with Crippen LogP contribution in [0.2, 0.25) is 0 Å². The maximum absolute atomic E-state index is 5.21. The van der Waals surface area contributed by atoms with E-state index in [1.165, 1.54) is 5.23 Å². The summed E-state index contributed by atoms with van der Waals surface area (Å²) in [5.41, 5.74) is 1.08. The van der Waals surface area contributed by atoms with Gasteiger partial charge in [0, 0.05) is 14.2 Å². The highest BCUT2D eigenvalue weighted by Gasteiger charge is 2.06. The summed E-state index contributed by atoms with van der Waals surface area (Å²) in [5.74, 6) is 0. The highest BCUT2D eigenvalue weighted by Crippen LogP contribution is 2.05. The van der Waals surface area contributed by atoms with Crippen molar-refractivity contribution in [2.45, 2.75) is 6.54 Å². The molecule has 0 spiro atoms. The zero-order chi connectivity index (χ0) is 11.6. The standard InChI is InChI=1S/C11H17NO4/c1-13-9-15-12(16-10-14-2)8-11-6-4-3-5-7-11/h3-7H,8-10H2,1-2H3. The second-order valence-corrected chi connectivity index (χ2v) is 3.05. The van der Waals surface area contributed by atoms with Crippen LogP contribution in [0.3, 0.4) is 0 Å². The lowest BCUT2D eigenvalue weighted by atomic mass is 10.2. The molecule has 0 radical (unpaired) electrons. The normalized spacial score (nSPS) is 10.9. The third kappa shape index (κ3) is 5.20. The van der Waals surface area contributed by atoms with Crippen LogP contribution in [0.5, 0.6) is 0 Å². The van der Waals surface area contributed by atoms with Gasteiger partial charge in [-0.05, 0) is 5.56 Å². The number of benzene rings is 1. The third-order valence-electron chi connectivity index (χ3n) is 1.78. The van der Waals surface area contributed by atoms with E-state index in [-0.39, 0.29) is 13.6 Å². The Hall–Kier alpha value is -0.980. The predicted molar refractivity (Wildman–Crippen MR) is 57.9 cm³/mol. The van der Waals surface area contributed by atoms with Crippen molar-refractivity contribution in [2.75, 3.05) is 27.8 Å². The number of nitrogens with zero attached hydrogens (tertiary/aromatic N) is 1. The van der Waals surface area contributed by atoms with E-state index in [1.807, 2.05) is 30.3 Å². The molecule has 5 heteroatoms. The monoisotopic (exact) mass is 227 g/mol. The van der Waals surface area contributed by atoms with Crippen LogP contribution in [-0.2, 0) is 25.7 Å². The topological polar surface area (TPSA) is 40.2 Å². The highest BCUT2D eigenvalue weighted by atomic mass is 17.0. The molecule has 0 atom stereocenters. The molecule has 0 aromatic heterocycles. The van der Waals surface area contributed by atoms with Crippen LogP contribution in [0.25, 0.3) is 0 Å². The predicted octanol–water partition coefficient (Wildman–Crippen LogP) is 1.56. The van der Waals surface area contributed by atoms with Crippen molar-refractivity contribution >= 4 is 0 Å². The molecule has 0 fully saturated rings. The lowest BCUT2D eigenvalue weighted by Gasteiger charge is -2.19. The van der Waals surface area contributed by atoms with E-state index in [9.17, 15) is 0 Å². The Kier molecular flexibility index (Phi) is 6.71. The van der Waals surface area contributed by atoms with Gasteiger partial charge >= 0.3 is 0 Å². The molecule has 0 saturated carbocycles. The summed E-state index contributed by atoms with van der Waals surface area (Å²) in [7, 11) is 3.11. The van der Waals surface area contributed by atoms with Gasteiger partial charge in [0.1, 0.15) is 0 Å². The van der Waals surface area contributed by atoms with Gasteiger partial charge in [-0.25, -0.2) is 9.68 Å². The van der Waals surface area contributed by atoms with Gasteiger partial charge in [-0.3, -0.25) is 0 Å². The average Bonchev–Trinajstić information content (AvgIpc) is 2.34. The molecule has 0 aliphatic rings. The van der Waals surface area contributed by atoms with Gasteiger partial charge < -0.3 is 9.47 Å². The first-order valence-electron chi connectivity index (χ1n) is 4.92. The zero-order valence-electron chi connectivity index (χ0n) is 9.59. The van der Waals surface area contributed by atoms with E-state index in [4.69, 9.17) is 19.1 Å². The van der Waals surface area contributed by atoms with Crippen molar-refractivity contribution < 1.29 is 19.1 Å². The quantitative estimate of drug-likeness (QED) is 0.498. The van der Waals surface area contributed by atoms with Crippen LogP contribution >= 0.6 is 0 Å². The molecule has 1 aromatic carbocycles. The van der Waals surface area contributed by atoms with E-state index in [2.05, 4.69) is 0 Å². The molecule has 1 rings (SSSR count). The second-order valence-electron chi connectivity index (χ2n) is 3.05. The molecule has 0 amide bonds. The molecule has 90 valence electrons. The molecule has 0 saturated heterocycles. The summed E-state index contributed by atoms with van der Waals surface area (Å²) >= 11 is 0. The molecular formula is C11H17NO4. The lowest BCUT2D eigenvalue weighted by molar-refractivity contribution is -0.413. The Bertz CT molecular complexity index is 260. The van der Waals surface area contributed by atoms with E-state index in [0.29, 0.717) is 6.54 Å². The molecule has 5 nitrogen and oxygen atoms in total. The van der Waals surface area contributed by atoms with E-state index in [1.54, 1.807) is 14.2 Å². The van der Waals surface area contributed by atoms with Crippen LogP contribution in [-0.4, -0.2) is 33.0 Å². The number of hydroxylamine groups is 2. The molecular weight excluding hydrogens is 210 g/mol. The van der Waals surface area contributed by atoms with Gasteiger partial charge in [-0.2, -0.15) is 0 Å². The Morgan fingerprint density at radius 1 is 0.938 bits per heavy atom. The Morgan fingerprint density at radius 3 is 2.00 bits per heavy atom. The van der Waals surface area contributed by atoms with Crippen LogP contribution in [0.15, 0.2) is 30.3 Å². The van der Waals surface area contributed by atoms with E-state index >= 15 is 0 Å². The second kappa shape index (κ2) is 8.20. The lowest BCUT2D eigenvalue weighted by Crippen LogP contribution is -2.26. The first kappa shape index (κ1) is 13.1. The summed E-state index contributed by atoms with van der Waals surface area (Å²) in [6.45, 7) is 0.778. The first-order chi connectivity index (χ1) is 7.86. The number of methoxy groups -OCH3 is 2. The molecule has 0 bridgehead atoms. The number of hydrogen-bond acceptors (Lipinski definition) is 5. The van der Waals surface area contributed by atoms with Crippen LogP contribution in [0.4, 0.5) is 0 Å². The van der Waals surface area contributed by atoms with Gasteiger partial charge in [-0.1, -0.05) is 35.6 Å². The SMILES string of the molecule is COCON(Cc1ccccc1)OCOC. The third-order valence-corrected chi connectivity index (χ3v) is 1.78. The molecule has 0 aliphatic carbocycles. The van der Waals surface area contributed by atoms with Crippen LogP contribution in [0, 0.1) is 0 Å². The Morgan fingerprint density at radius 2 is 1.50 bits per heavy atom. The average molecular weight is 227 g/mol. The van der Waals surface area contributed by atoms with E-state index in [0.717, 1.165) is 5.56 Å². The minimum atomic E-state index is 0.135. The van der Waals surface area contributed by atoms with Crippen molar-refractivity contribution in [3.63, 3.8) is 0 Å². The van der Waals surface area contributed by atoms with Crippen LogP contribution in [0.1, 0.15) is 5.56 Å². The maximum Gasteiger partial charge on any atom is 0.169 e. The molecule has 16 heavy (non-hydrogen) atoms. The van der Waals surface area contributed by atoms with Gasteiger partial charge in [0.25, 0.3) is 0 Å². The fraction of sp³-hybridized carbons (Fsp3) is 0.455. The summed E-state index contributed by atoms with van der Waals surface area (Å²) < 4.78 is 9.61. The van der Waals surface area contributed by atoms with Crippen LogP contribution < -0.4 is 0 Å². The van der Waals surface area contributed by atoms with Crippen molar-refractivity contribution in [2.24, 2.45) is 0 Å². The largest absolute Gasteiger partial charge is 0.357 e.